The second-order valence-electron chi connectivity index (χ2n) is 5.03. The van der Waals surface area contributed by atoms with E-state index in [4.69, 9.17) is 4.74 Å². The highest BCUT2D eigenvalue weighted by atomic mass is 16.5. The molecule has 0 bridgehead atoms. The number of aryl methyl sites for hydroxylation is 3. The van der Waals surface area contributed by atoms with Crippen LogP contribution in [0.15, 0.2) is 42.5 Å². The fourth-order valence-electron chi connectivity index (χ4n) is 1.81. The molecular formula is C17H20N2O2. The van der Waals surface area contributed by atoms with E-state index in [-0.39, 0.29) is 12.8 Å². The molecule has 2 rings (SSSR count). The summed E-state index contributed by atoms with van der Waals surface area (Å²) in [6.07, 6.45) is 0. The molecule has 0 spiro atoms. The Balaban J connectivity index is 1.79. The molecule has 2 N–H and O–H groups in total. The average molecular weight is 284 g/mol. The molecule has 0 saturated heterocycles. The minimum Gasteiger partial charge on any atom is -0.473 e. The first-order valence-electron chi connectivity index (χ1n) is 6.86. The molecular weight excluding hydrogens is 264 g/mol. The largest absolute Gasteiger partial charge is 0.473 e. The van der Waals surface area contributed by atoms with Crippen molar-refractivity contribution in [1.82, 2.24) is 5.32 Å². The molecule has 2 amide bonds. The number of hydrogen-bond acceptors (Lipinski definition) is 2. The van der Waals surface area contributed by atoms with Crippen LogP contribution in [0.25, 0.3) is 0 Å². The highest BCUT2D eigenvalue weighted by molar-refractivity contribution is 5.89. The molecule has 0 aliphatic heterocycles. The van der Waals surface area contributed by atoms with Gasteiger partial charge in [0.2, 0.25) is 0 Å². The molecule has 0 heterocycles. The van der Waals surface area contributed by atoms with E-state index in [9.17, 15) is 4.79 Å². The van der Waals surface area contributed by atoms with E-state index in [0.29, 0.717) is 0 Å². The molecule has 0 aliphatic rings. The number of hydrogen-bond donors (Lipinski definition) is 2. The highest BCUT2D eigenvalue weighted by Crippen LogP contribution is 2.14. The smallest absolute Gasteiger partial charge is 0.321 e. The number of anilines is 1. The lowest BCUT2D eigenvalue weighted by Crippen LogP contribution is -2.32. The molecule has 4 nitrogen and oxygen atoms in total. The van der Waals surface area contributed by atoms with Gasteiger partial charge in [0.25, 0.3) is 0 Å². The van der Waals surface area contributed by atoms with Crippen LogP contribution in [0.5, 0.6) is 5.75 Å². The lowest BCUT2D eigenvalue weighted by molar-refractivity contribution is 0.234. The van der Waals surface area contributed by atoms with Gasteiger partial charge in [0, 0.05) is 5.69 Å². The Labute approximate surface area is 125 Å². The van der Waals surface area contributed by atoms with Crippen molar-refractivity contribution in [3.8, 4) is 5.75 Å². The van der Waals surface area contributed by atoms with Gasteiger partial charge in [0.05, 0.1) is 0 Å². The molecule has 0 atom stereocenters. The van der Waals surface area contributed by atoms with Crippen molar-refractivity contribution in [3.05, 3.63) is 59.2 Å². The standard InChI is InChI=1S/C17H20N2O2/c1-12-4-8-16(9-5-12)21-11-18-17(20)19-15-7-6-13(2)14(3)10-15/h4-10H,11H2,1-3H3,(H2,18,19,20). The summed E-state index contributed by atoms with van der Waals surface area (Å²) < 4.78 is 5.44. The molecule has 0 aliphatic carbocycles. The molecule has 21 heavy (non-hydrogen) atoms. The quantitative estimate of drug-likeness (QED) is 0.840. The Kier molecular flexibility index (Phi) is 4.82. The summed E-state index contributed by atoms with van der Waals surface area (Å²) in [4.78, 5) is 11.8. The van der Waals surface area contributed by atoms with Crippen LogP contribution in [0.3, 0.4) is 0 Å². The van der Waals surface area contributed by atoms with Crippen molar-refractivity contribution >= 4 is 11.7 Å². The predicted octanol–water partition coefficient (Wildman–Crippen LogP) is 3.77. The zero-order valence-corrected chi connectivity index (χ0v) is 12.6. The van der Waals surface area contributed by atoms with E-state index in [1.165, 1.54) is 11.1 Å². The number of amides is 2. The molecule has 2 aromatic rings. The summed E-state index contributed by atoms with van der Waals surface area (Å²) in [5.41, 5.74) is 4.28. The van der Waals surface area contributed by atoms with Gasteiger partial charge in [-0.25, -0.2) is 4.79 Å². The summed E-state index contributed by atoms with van der Waals surface area (Å²) >= 11 is 0. The number of nitrogens with one attached hydrogen (secondary N) is 2. The van der Waals surface area contributed by atoms with Crippen molar-refractivity contribution in [1.29, 1.82) is 0 Å². The summed E-state index contributed by atoms with van der Waals surface area (Å²) in [5, 5.41) is 5.43. The Morgan fingerprint density at radius 2 is 1.71 bits per heavy atom. The van der Waals surface area contributed by atoms with Gasteiger partial charge in [-0.2, -0.15) is 0 Å². The summed E-state index contributed by atoms with van der Waals surface area (Å²) in [7, 11) is 0. The summed E-state index contributed by atoms with van der Waals surface area (Å²) in [5.74, 6) is 0.729. The van der Waals surface area contributed by atoms with Crippen LogP contribution in [0, 0.1) is 20.8 Å². The molecule has 0 unspecified atom stereocenters. The minimum absolute atomic E-state index is 0.125. The van der Waals surface area contributed by atoms with Crippen LogP contribution in [-0.2, 0) is 0 Å². The second-order valence-corrected chi connectivity index (χ2v) is 5.03. The van der Waals surface area contributed by atoms with E-state index in [0.717, 1.165) is 17.0 Å². The topological polar surface area (TPSA) is 50.4 Å². The number of urea groups is 1. The van der Waals surface area contributed by atoms with Gasteiger partial charge in [0.15, 0.2) is 6.73 Å². The van der Waals surface area contributed by atoms with Crippen molar-refractivity contribution in [2.45, 2.75) is 20.8 Å². The normalized spacial score (nSPS) is 10.0. The van der Waals surface area contributed by atoms with Crippen LogP contribution in [-0.4, -0.2) is 12.8 Å². The van der Waals surface area contributed by atoms with Crippen LogP contribution < -0.4 is 15.4 Å². The van der Waals surface area contributed by atoms with E-state index in [2.05, 4.69) is 10.6 Å². The summed E-state index contributed by atoms with van der Waals surface area (Å²) in [6, 6.07) is 13.2. The van der Waals surface area contributed by atoms with E-state index in [1.807, 2.05) is 63.2 Å². The lowest BCUT2D eigenvalue weighted by Gasteiger charge is -2.10. The van der Waals surface area contributed by atoms with Gasteiger partial charge in [-0.1, -0.05) is 23.8 Å². The van der Waals surface area contributed by atoms with Crippen LogP contribution in [0.2, 0.25) is 0 Å². The molecule has 110 valence electrons. The predicted molar refractivity (Wildman–Crippen MR) is 84.7 cm³/mol. The van der Waals surface area contributed by atoms with E-state index < -0.39 is 0 Å². The third kappa shape index (κ3) is 4.53. The average Bonchev–Trinajstić information content (AvgIpc) is 2.45. The van der Waals surface area contributed by atoms with Gasteiger partial charge < -0.3 is 15.4 Å². The van der Waals surface area contributed by atoms with Gasteiger partial charge >= 0.3 is 6.03 Å². The van der Waals surface area contributed by atoms with Crippen molar-refractivity contribution in [3.63, 3.8) is 0 Å². The summed E-state index contributed by atoms with van der Waals surface area (Å²) in [6.45, 7) is 6.19. The van der Waals surface area contributed by atoms with Crippen molar-refractivity contribution in [2.24, 2.45) is 0 Å². The van der Waals surface area contributed by atoms with Crippen molar-refractivity contribution in [2.75, 3.05) is 12.0 Å². The Morgan fingerprint density at radius 3 is 2.38 bits per heavy atom. The number of benzene rings is 2. The van der Waals surface area contributed by atoms with Crippen LogP contribution >= 0.6 is 0 Å². The van der Waals surface area contributed by atoms with Gasteiger partial charge in [0.1, 0.15) is 5.75 Å². The second kappa shape index (κ2) is 6.79. The molecule has 0 saturated carbocycles. The maximum Gasteiger partial charge on any atom is 0.321 e. The highest BCUT2D eigenvalue weighted by Gasteiger charge is 2.02. The van der Waals surface area contributed by atoms with Crippen LogP contribution in [0.1, 0.15) is 16.7 Å². The number of carbonyl (C=O) groups is 1. The first-order chi connectivity index (χ1) is 10.0. The SMILES string of the molecule is Cc1ccc(OCNC(=O)Nc2ccc(C)c(C)c2)cc1. The third-order valence-corrected chi connectivity index (χ3v) is 3.26. The van der Waals surface area contributed by atoms with Gasteiger partial charge in [-0.3, -0.25) is 0 Å². The Bertz CT molecular complexity index is 621. The molecule has 4 heteroatoms. The lowest BCUT2D eigenvalue weighted by atomic mass is 10.1. The van der Waals surface area contributed by atoms with E-state index >= 15 is 0 Å². The number of rotatable bonds is 4. The number of carbonyl (C=O) groups excluding carboxylic acids is 1. The monoisotopic (exact) mass is 284 g/mol. The molecule has 0 fully saturated rings. The fourth-order valence-corrected chi connectivity index (χ4v) is 1.81. The maximum absolute atomic E-state index is 11.8. The first kappa shape index (κ1) is 14.9. The zero-order valence-electron chi connectivity index (χ0n) is 12.6. The Morgan fingerprint density at radius 1 is 1.00 bits per heavy atom. The van der Waals surface area contributed by atoms with Crippen molar-refractivity contribution < 1.29 is 9.53 Å². The van der Waals surface area contributed by atoms with Gasteiger partial charge in [-0.15, -0.1) is 0 Å². The fraction of sp³-hybridized carbons (Fsp3) is 0.235. The molecule has 0 radical (unpaired) electrons. The zero-order chi connectivity index (χ0) is 15.2. The minimum atomic E-state index is -0.287. The number of ether oxygens (including phenoxy) is 1. The van der Waals surface area contributed by atoms with E-state index in [1.54, 1.807) is 0 Å². The van der Waals surface area contributed by atoms with Gasteiger partial charge in [-0.05, 0) is 56.2 Å². The molecule has 2 aromatic carbocycles. The molecule has 0 aromatic heterocycles. The third-order valence-electron chi connectivity index (χ3n) is 3.26. The maximum atomic E-state index is 11.8. The Hall–Kier alpha value is -2.49. The van der Waals surface area contributed by atoms with Crippen LogP contribution in [0.4, 0.5) is 10.5 Å². The first-order valence-corrected chi connectivity index (χ1v) is 6.86.